The number of hydrogen-bond donors (Lipinski definition) is 0. The molecule has 1 aliphatic heterocycles. The van der Waals surface area contributed by atoms with Gasteiger partial charge in [-0.1, -0.05) is 24.6 Å². The molecule has 1 amide bonds. The van der Waals surface area contributed by atoms with E-state index in [1.807, 2.05) is 29.6 Å². The third-order valence-corrected chi connectivity index (χ3v) is 5.55. The minimum Gasteiger partial charge on any atom is -0.354 e. The third-order valence-electron chi connectivity index (χ3n) is 5.55. The highest BCUT2D eigenvalue weighted by molar-refractivity contribution is 5.88. The number of carbonyl (C=O) groups excluding carboxylic acids is 1. The highest BCUT2D eigenvalue weighted by Gasteiger charge is 2.22. The van der Waals surface area contributed by atoms with Gasteiger partial charge in [-0.25, -0.2) is 14.6 Å². The van der Waals surface area contributed by atoms with Gasteiger partial charge in [-0.2, -0.15) is 5.10 Å². The van der Waals surface area contributed by atoms with Crippen LogP contribution in [0.15, 0.2) is 24.4 Å². The zero-order chi connectivity index (χ0) is 20.5. The van der Waals surface area contributed by atoms with Crippen molar-refractivity contribution in [2.75, 3.05) is 31.1 Å². The Morgan fingerprint density at radius 1 is 1.07 bits per heavy atom. The van der Waals surface area contributed by atoms with Gasteiger partial charge in [0, 0.05) is 32.6 Å². The second-order valence-electron chi connectivity index (χ2n) is 7.75. The Morgan fingerprint density at radius 3 is 2.66 bits per heavy atom. The Bertz CT molecular complexity index is 1060. The molecule has 1 saturated heterocycles. The van der Waals surface area contributed by atoms with E-state index in [1.165, 1.54) is 5.56 Å². The predicted octanol–water partition coefficient (Wildman–Crippen LogP) is 3.19. The van der Waals surface area contributed by atoms with Gasteiger partial charge in [-0.05, 0) is 38.8 Å². The van der Waals surface area contributed by atoms with Gasteiger partial charge in [0.15, 0.2) is 5.65 Å². The molecular formula is C22H28N6O. The van der Waals surface area contributed by atoms with E-state index >= 15 is 0 Å². The lowest BCUT2D eigenvalue weighted by Crippen LogP contribution is -2.35. The molecule has 0 saturated carbocycles. The maximum absolute atomic E-state index is 12.1. The van der Waals surface area contributed by atoms with Crippen LogP contribution >= 0.6 is 0 Å². The van der Waals surface area contributed by atoms with Crippen LogP contribution in [-0.2, 0) is 4.79 Å². The summed E-state index contributed by atoms with van der Waals surface area (Å²) in [5.74, 6) is 1.86. The molecule has 3 aromatic rings. The average Bonchev–Trinajstić information content (AvgIpc) is 2.95. The Morgan fingerprint density at radius 2 is 1.90 bits per heavy atom. The first kappa shape index (κ1) is 19.4. The van der Waals surface area contributed by atoms with Crippen LogP contribution in [-0.4, -0.2) is 56.7 Å². The van der Waals surface area contributed by atoms with E-state index in [-0.39, 0.29) is 5.91 Å². The number of rotatable bonds is 3. The molecule has 0 atom stereocenters. The summed E-state index contributed by atoms with van der Waals surface area (Å²) in [5.41, 5.74) is 4.25. The van der Waals surface area contributed by atoms with Crippen LogP contribution in [0.5, 0.6) is 0 Å². The summed E-state index contributed by atoms with van der Waals surface area (Å²) in [6.45, 7) is 11.2. The largest absolute Gasteiger partial charge is 0.354 e. The monoisotopic (exact) mass is 392 g/mol. The lowest BCUT2D eigenvalue weighted by Gasteiger charge is -2.23. The normalized spacial score (nSPS) is 15.0. The van der Waals surface area contributed by atoms with Gasteiger partial charge in [0.1, 0.15) is 11.6 Å². The molecule has 0 unspecified atom stereocenters. The van der Waals surface area contributed by atoms with Gasteiger partial charge in [-0.15, -0.1) is 0 Å². The van der Waals surface area contributed by atoms with Crippen LogP contribution in [0.3, 0.4) is 0 Å². The Kier molecular flexibility index (Phi) is 5.22. The van der Waals surface area contributed by atoms with E-state index in [2.05, 4.69) is 42.0 Å². The van der Waals surface area contributed by atoms with Crippen molar-refractivity contribution in [1.82, 2.24) is 24.6 Å². The van der Waals surface area contributed by atoms with Crippen molar-refractivity contribution >= 4 is 22.8 Å². The zero-order valence-electron chi connectivity index (χ0n) is 17.6. The second kappa shape index (κ2) is 7.81. The molecule has 2 aromatic heterocycles. The molecule has 1 fully saturated rings. The molecule has 7 heteroatoms. The number of carbonyl (C=O) groups is 1. The molecule has 7 nitrogen and oxygen atoms in total. The molecule has 29 heavy (non-hydrogen) atoms. The number of amides is 1. The fourth-order valence-corrected chi connectivity index (χ4v) is 4.06. The molecule has 0 bridgehead atoms. The number of aryl methyl sites for hydroxylation is 3. The van der Waals surface area contributed by atoms with Crippen LogP contribution in [0.1, 0.15) is 36.7 Å². The number of nitrogens with zero attached hydrogens (tertiary/aromatic N) is 6. The third kappa shape index (κ3) is 3.69. The number of benzene rings is 1. The Hall–Kier alpha value is -2.96. The van der Waals surface area contributed by atoms with Gasteiger partial charge < -0.3 is 9.80 Å². The van der Waals surface area contributed by atoms with Crippen LogP contribution < -0.4 is 4.90 Å². The van der Waals surface area contributed by atoms with E-state index in [9.17, 15) is 4.79 Å². The van der Waals surface area contributed by atoms with E-state index < -0.39 is 0 Å². The molecule has 4 rings (SSSR count). The topological polar surface area (TPSA) is 67.2 Å². The maximum atomic E-state index is 12.1. The molecule has 0 N–H and O–H groups in total. The summed E-state index contributed by atoms with van der Waals surface area (Å²) >= 11 is 0. The summed E-state index contributed by atoms with van der Waals surface area (Å²) in [7, 11) is 0. The molecule has 1 aliphatic rings. The fourth-order valence-electron chi connectivity index (χ4n) is 4.06. The quantitative estimate of drug-likeness (QED) is 0.685. The van der Waals surface area contributed by atoms with E-state index in [0.717, 1.165) is 66.5 Å². The van der Waals surface area contributed by atoms with Crippen molar-refractivity contribution < 1.29 is 4.79 Å². The molecule has 3 heterocycles. The van der Waals surface area contributed by atoms with Gasteiger partial charge in [0.2, 0.25) is 5.91 Å². The number of hydrogen-bond acceptors (Lipinski definition) is 5. The minimum atomic E-state index is 0.221. The van der Waals surface area contributed by atoms with Crippen LogP contribution in [0.4, 0.5) is 5.82 Å². The van der Waals surface area contributed by atoms with Crippen molar-refractivity contribution in [3.8, 4) is 5.69 Å². The summed E-state index contributed by atoms with van der Waals surface area (Å²) in [5, 5.41) is 5.61. The van der Waals surface area contributed by atoms with E-state index in [1.54, 1.807) is 0 Å². The molecule has 1 aromatic carbocycles. The average molecular weight is 393 g/mol. The number of aromatic nitrogens is 4. The predicted molar refractivity (Wildman–Crippen MR) is 115 cm³/mol. The molecule has 0 aliphatic carbocycles. The Labute approximate surface area is 171 Å². The smallest absolute Gasteiger partial charge is 0.222 e. The summed E-state index contributed by atoms with van der Waals surface area (Å²) < 4.78 is 1.91. The van der Waals surface area contributed by atoms with Crippen LogP contribution in [0.2, 0.25) is 0 Å². The Balaban J connectivity index is 1.73. The van der Waals surface area contributed by atoms with E-state index in [0.29, 0.717) is 6.42 Å². The van der Waals surface area contributed by atoms with Gasteiger partial charge >= 0.3 is 0 Å². The highest BCUT2D eigenvalue weighted by atomic mass is 16.2. The minimum absolute atomic E-state index is 0.221. The van der Waals surface area contributed by atoms with Gasteiger partial charge in [0.25, 0.3) is 0 Å². The summed E-state index contributed by atoms with van der Waals surface area (Å²) in [4.78, 5) is 25.8. The zero-order valence-corrected chi connectivity index (χ0v) is 17.6. The molecule has 0 radical (unpaired) electrons. The molecule has 152 valence electrons. The van der Waals surface area contributed by atoms with Crippen molar-refractivity contribution in [2.45, 2.75) is 40.5 Å². The van der Waals surface area contributed by atoms with Gasteiger partial charge in [-0.3, -0.25) is 4.79 Å². The molecular weight excluding hydrogens is 364 g/mol. The highest BCUT2D eigenvalue weighted by Crippen LogP contribution is 2.27. The van der Waals surface area contributed by atoms with Crippen LogP contribution in [0, 0.1) is 20.8 Å². The summed E-state index contributed by atoms with van der Waals surface area (Å²) in [6, 6.07) is 6.35. The fraction of sp³-hybridized carbons (Fsp3) is 0.455. The van der Waals surface area contributed by atoms with Gasteiger partial charge in [0.05, 0.1) is 17.3 Å². The standard InChI is InChI=1S/C22H28N6O/c1-5-20(29)26-9-6-10-27(12-11-26)21-18-14-23-28(22(18)25-17(4)24-21)19-8-7-15(2)13-16(19)3/h7-8,13-14H,5-6,9-12H2,1-4H3. The van der Waals surface area contributed by atoms with Crippen molar-refractivity contribution in [2.24, 2.45) is 0 Å². The first-order valence-electron chi connectivity index (χ1n) is 10.3. The number of fused-ring (bicyclic) bond motifs is 1. The van der Waals surface area contributed by atoms with Crippen LogP contribution in [0.25, 0.3) is 16.7 Å². The second-order valence-corrected chi connectivity index (χ2v) is 7.75. The SMILES string of the molecule is CCC(=O)N1CCCN(c2nc(C)nc3c2cnn3-c2ccc(C)cc2C)CC1. The summed E-state index contributed by atoms with van der Waals surface area (Å²) in [6.07, 6.45) is 3.35. The first-order chi connectivity index (χ1) is 14.0. The van der Waals surface area contributed by atoms with E-state index in [4.69, 9.17) is 9.97 Å². The van der Waals surface area contributed by atoms with Crippen molar-refractivity contribution in [3.63, 3.8) is 0 Å². The lowest BCUT2D eigenvalue weighted by molar-refractivity contribution is -0.130. The number of anilines is 1. The lowest BCUT2D eigenvalue weighted by atomic mass is 10.1. The molecule has 0 spiro atoms. The van der Waals surface area contributed by atoms with Crippen molar-refractivity contribution in [3.05, 3.63) is 41.3 Å². The first-order valence-corrected chi connectivity index (χ1v) is 10.3. The van der Waals surface area contributed by atoms with Crippen molar-refractivity contribution in [1.29, 1.82) is 0 Å². The maximum Gasteiger partial charge on any atom is 0.222 e.